The van der Waals surface area contributed by atoms with E-state index in [0.29, 0.717) is 45.2 Å². The summed E-state index contributed by atoms with van der Waals surface area (Å²) in [6.45, 7) is 3.92. The van der Waals surface area contributed by atoms with Crippen LogP contribution in [-0.2, 0) is 82.8 Å². The number of carbonyl (C=O) groups is 8. The Balaban J connectivity index is 0.000000283. The lowest BCUT2D eigenvalue weighted by Crippen LogP contribution is -2.14. The Morgan fingerprint density at radius 1 is 0.381 bits per heavy atom. The first-order valence-electron chi connectivity index (χ1n) is 24.4. The number of ether oxygens (including phenoxy) is 3. The number of alkyl halides is 6. The summed E-state index contributed by atoms with van der Waals surface area (Å²) < 4.78 is 89.1. The molecule has 84 heavy (non-hydrogen) atoms. The van der Waals surface area contributed by atoms with Crippen molar-refractivity contribution in [3.8, 4) is 28.7 Å². The summed E-state index contributed by atoms with van der Waals surface area (Å²) in [6, 6.07) is 40.1. The average molecular weight is 1190 g/mol. The monoisotopic (exact) mass is 1190 g/mol. The van der Waals surface area contributed by atoms with Gasteiger partial charge in [-0.3, -0.25) is 38.4 Å². The summed E-state index contributed by atoms with van der Waals surface area (Å²) in [6.07, 6.45) is -8.54. The third-order valence-corrected chi connectivity index (χ3v) is 10.3. The Hall–Kier alpha value is -10.0. The van der Waals surface area contributed by atoms with Crippen LogP contribution in [-0.4, -0.2) is 67.3 Å². The van der Waals surface area contributed by atoms with E-state index in [4.69, 9.17) is 46.2 Å². The molecule has 7 rings (SSSR count). The van der Waals surface area contributed by atoms with E-state index in [1.807, 2.05) is 0 Å². The molecule has 0 bridgehead atoms. The molecule has 0 unspecified atom stereocenters. The minimum atomic E-state index is -4.41. The molecular weight excluding hydrogens is 1140 g/mol. The summed E-state index contributed by atoms with van der Waals surface area (Å²) in [5, 5.41) is 39.5. The molecule has 6 N–H and O–H groups in total. The van der Waals surface area contributed by atoms with Crippen LogP contribution < -0.4 is 24.8 Å². The number of nitrogens with one attached hydrogen (secondary N) is 2. The van der Waals surface area contributed by atoms with Crippen molar-refractivity contribution >= 4 is 69.9 Å². The minimum absolute atomic E-state index is 0.000278. The lowest BCUT2D eigenvalue weighted by molar-refractivity contribution is -0.138. The van der Waals surface area contributed by atoms with Crippen molar-refractivity contribution in [2.75, 3.05) is 10.6 Å². The van der Waals surface area contributed by atoms with Gasteiger partial charge < -0.3 is 45.3 Å². The fourth-order valence-corrected chi connectivity index (χ4v) is 6.68. The third kappa shape index (κ3) is 28.9. The fourth-order valence-electron chi connectivity index (χ4n) is 6.53. The van der Waals surface area contributed by atoms with Gasteiger partial charge >= 0.3 is 42.2 Å². The molecule has 0 aliphatic heterocycles. The maximum absolute atomic E-state index is 12.5. The smallest absolute Gasteiger partial charge is 0.416 e. The molecule has 7 aromatic carbocycles. The standard InChI is InChI=1S/C17H14F3NO3.C15H12F3NO2.C10H9ClO3.C10H10O4.C8H8O3/c1-11(22)24-15-8-2-12(3-9-15)10-16(23)21-14-6-4-13(5-7-14)17(18,19)20;16-15(17,18)11-3-5-12(6-4-11)19-14(21)9-10-1-7-13(20)8-2-10;1-7(12)14-9-4-2-8(3-5-9)6-10(11)13;1-7(11)14-9-4-2-8(3-5-9)6-10(12)13;9-7-3-1-6(2-4-7)5-8(10)11/h2-9H,10H2,1H3,(H,21,23);1-8,20H,9H2,(H,19,21);2-5H,6H2,1H3;2-5H,6H2,1H3,(H,12,13);1-4,9H,5H2,(H,10,11). The number of halogens is 7. The molecule has 0 saturated heterocycles. The van der Waals surface area contributed by atoms with Crippen LogP contribution in [0, 0.1) is 0 Å². The van der Waals surface area contributed by atoms with E-state index < -0.39 is 52.6 Å². The zero-order valence-electron chi connectivity index (χ0n) is 44.6. The van der Waals surface area contributed by atoms with E-state index in [1.165, 1.54) is 69.3 Å². The van der Waals surface area contributed by atoms with Crippen molar-refractivity contribution in [3.63, 3.8) is 0 Å². The maximum atomic E-state index is 12.5. The van der Waals surface area contributed by atoms with E-state index in [-0.39, 0.29) is 67.1 Å². The SMILES string of the molecule is CC(=O)Oc1ccc(CC(=O)Cl)cc1.CC(=O)Oc1ccc(CC(=O)Nc2ccc(C(F)(F)F)cc2)cc1.CC(=O)Oc1ccc(CC(=O)O)cc1.O=C(Cc1ccc(O)cc1)Nc1ccc(C(F)(F)F)cc1.O=C(O)Cc1ccc(O)cc1. The quantitative estimate of drug-likeness (QED) is 0.0241. The number of hydrogen-bond donors (Lipinski definition) is 6. The highest BCUT2D eigenvalue weighted by molar-refractivity contribution is 6.63. The van der Waals surface area contributed by atoms with Crippen molar-refractivity contribution in [1.29, 1.82) is 0 Å². The summed E-state index contributed by atoms with van der Waals surface area (Å²) >= 11 is 5.21. The van der Waals surface area contributed by atoms with Gasteiger partial charge in [-0.2, -0.15) is 26.3 Å². The molecule has 2 amide bonds. The maximum Gasteiger partial charge on any atom is 0.416 e. The molecule has 0 saturated carbocycles. The predicted octanol–water partition coefficient (Wildman–Crippen LogP) is 11.6. The van der Waals surface area contributed by atoms with Gasteiger partial charge in [0.15, 0.2) is 0 Å². The predicted molar refractivity (Wildman–Crippen MR) is 294 cm³/mol. The van der Waals surface area contributed by atoms with Crippen molar-refractivity contribution in [1.82, 2.24) is 0 Å². The number of hydrogen-bond acceptors (Lipinski definition) is 13. The number of carboxylic acid groups (broad SMARTS) is 2. The van der Waals surface area contributed by atoms with Gasteiger partial charge in [0, 0.05) is 38.6 Å². The second-order valence-electron chi connectivity index (χ2n) is 17.3. The summed E-state index contributed by atoms with van der Waals surface area (Å²) in [5.74, 6) is -2.16. The second kappa shape index (κ2) is 33.7. The van der Waals surface area contributed by atoms with Gasteiger partial charge in [-0.15, -0.1) is 0 Å². The lowest BCUT2D eigenvalue weighted by atomic mass is 10.1. The van der Waals surface area contributed by atoms with Gasteiger partial charge in [0.25, 0.3) is 0 Å². The van der Waals surface area contributed by atoms with Gasteiger partial charge in [0.05, 0.1) is 36.8 Å². The Morgan fingerprint density at radius 3 is 0.845 bits per heavy atom. The van der Waals surface area contributed by atoms with Crippen molar-refractivity contribution in [3.05, 3.63) is 209 Å². The van der Waals surface area contributed by atoms with E-state index >= 15 is 0 Å². The van der Waals surface area contributed by atoms with Gasteiger partial charge in [-0.25, -0.2) is 0 Å². The van der Waals surface area contributed by atoms with Crippen LogP contribution in [0.4, 0.5) is 37.7 Å². The molecule has 0 aromatic heterocycles. The van der Waals surface area contributed by atoms with Crippen LogP contribution in [0.3, 0.4) is 0 Å². The number of rotatable bonds is 15. The van der Waals surface area contributed by atoms with Crippen molar-refractivity contribution < 1.29 is 99.3 Å². The van der Waals surface area contributed by atoms with Crippen LogP contribution in [0.5, 0.6) is 28.7 Å². The summed E-state index contributed by atoms with van der Waals surface area (Å²) in [7, 11) is 0. The average Bonchev–Trinajstić information content (AvgIpc) is 3.42. The van der Waals surface area contributed by atoms with Gasteiger partial charge in [0.2, 0.25) is 17.1 Å². The van der Waals surface area contributed by atoms with E-state index in [2.05, 4.69) is 10.6 Å². The van der Waals surface area contributed by atoms with Gasteiger partial charge in [-0.05, 0) is 149 Å². The lowest BCUT2D eigenvalue weighted by Gasteiger charge is -2.09. The Bertz CT molecular complexity index is 3150. The first-order valence-corrected chi connectivity index (χ1v) is 24.7. The second-order valence-corrected chi connectivity index (χ2v) is 17.7. The molecule has 0 aliphatic carbocycles. The van der Waals surface area contributed by atoms with Crippen LogP contribution in [0.25, 0.3) is 0 Å². The summed E-state index contributed by atoms with van der Waals surface area (Å²) in [4.78, 5) is 86.7. The van der Waals surface area contributed by atoms with Gasteiger partial charge in [-0.1, -0.05) is 60.7 Å². The highest BCUT2D eigenvalue weighted by Crippen LogP contribution is 2.31. The van der Waals surface area contributed by atoms with Crippen molar-refractivity contribution in [2.24, 2.45) is 0 Å². The zero-order valence-corrected chi connectivity index (χ0v) is 45.4. The number of carboxylic acids is 2. The molecule has 0 spiro atoms. The molecule has 0 aliphatic rings. The normalized spacial score (nSPS) is 10.4. The molecule has 0 atom stereocenters. The molecule has 442 valence electrons. The number of benzene rings is 7. The topological polar surface area (TPSA) is 269 Å². The molecule has 0 radical (unpaired) electrons. The highest BCUT2D eigenvalue weighted by atomic mass is 35.5. The molecule has 0 fully saturated rings. The number of carbonyl (C=O) groups excluding carboxylic acids is 6. The molecule has 24 heteroatoms. The number of anilines is 2. The van der Waals surface area contributed by atoms with E-state index in [1.54, 1.807) is 97.1 Å². The minimum Gasteiger partial charge on any atom is -0.508 e. The Kier molecular flexibility index (Phi) is 27.3. The number of aliphatic carboxylic acids is 2. The molecule has 17 nitrogen and oxygen atoms in total. The number of phenols is 2. The largest absolute Gasteiger partial charge is 0.508 e. The Labute approximate surface area is 481 Å². The third-order valence-electron chi connectivity index (χ3n) is 10.2. The number of esters is 3. The Morgan fingerprint density at radius 2 is 0.619 bits per heavy atom. The fraction of sp³-hybridized carbons (Fsp3) is 0.167. The first-order chi connectivity index (χ1) is 39.4. The van der Waals surface area contributed by atoms with Crippen LogP contribution in [0.2, 0.25) is 0 Å². The first kappa shape index (κ1) is 68.2. The van der Waals surface area contributed by atoms with Crippen LogP contribution in [0.15, 0.2) is 170 Å². The zero-order chi connectivity index (χ0) is 62.6. The van der Waals surface area contributed by atoms with Crippen LogP contribution >= 0.6 is 11.6 Å². The molecule has 7 aromatic rings. The highest BCUT2D eigenvalue weighted by Gasteiger charge is 2.31. The van der Waals surface area contributed by atoms with E-state index in [9.17, 15) is 64.7 Å². The van der Waals surface area contributed by atoms with Gasteiger partial charge in [0.1, 0.15) is 28.7 Å². The van der Waals surface area contributed by atoms with Crippen LogP contribution in [0.1, 0.15) is 59.7 Å². The molecular formula is C60H53ClF6N2O15. The number of phenolic OH excluding ortho intramolecular Hbond substituents is 2. The molecule has 0 heterocycles. The van der Waals surface area contributed by atoms with Crippen molar-refractivity contribution in [2.45, 2.75) is 65.2 Å². The number of aromatic hydroxyl groups is 2. The number of amides is 2. The summed E-state index contributed by atoms with van der Waals surface area (Å²) in [5.41, 5.74) is 2.56. The van der Waals surface area contributed by atoms with E-state index in [0.717, 1.165) is 29.8 Å².